The Kier molecular flexibility index (Phi) is 6.84. The van der Waals surface area contributed by atoms with Gasteiger partial charge in [-0.2, -0.15) is 0 Å². The van der Waals surface area contributed by atoms with Crippen molar-refractivity contribution in [3.63, 3.8) is 0 Å². The molecule has 0 radical (unpaired) electrons. The standard InChI is InChI=1S/C15H22BrN3O2/c1-3-9-15(2,17)14(21)18-10-8-13(20)19-12-6-4-11(16)5-7-12/h4-7H,3,8-10,17H2,1-2H3,(H,18,21)(H,19,20). The van der Waals surface area contributed by atoms with Gasteiger partial charge >= 0.3 is 0 Å². The van der Waals surface area contributed by atoms with Crippen LogP contribution >= 0.6 is 15.9 Å². The van der Waals surface area contributed by atoms with Crippen LogP contribution in [-0.4, -0.2) is 23.9 Å². The summed E-state index contributed by atoms with van der Waals surface area (Å²) >= 11 is 3.33. The first-order valence-corrected chi connectivity index (χ1v) is 7.77. The van der Waals surface area contributed by atoms with Gasteiger partial charge in [-0.3, -0.25) is 9.59 Å². The van der Waals surface area contributed by atoms with Gasteiger partial charge in [-0.25, -0.2) is 0 Å². The highest BCUT2D eigenvalue weighted by Crippen LogP contribution is 2.14. The van der Waals surface area contributed by atoms with Crippen molar-refractivity contribution in [3.05, 3.63) is 28.7 Å². The first kappa shape index (κ1) is 17.7. The third kappa shape index (κ3) is 6.27. The van der Waals surface area contributed by atoms with Gasteiger partial charge in [0.2, 0.25) is 11.8 Å². The topological polar surface area (TPSA) is 84.2 Å². The summed E-state index contributed by atoms with van der Waals surface area (Å²) in [6.07, 6.45) is 1.67. The molecule has 1 unspecified atom stereocenters. The van der Waals surface area contributed by atoms with E-state index < -0.39 is 5.54 Å². The van der Waals surface area contributed by atoms with Crippen LogP contribution in [0.3, 0.4) is 0 Å². The van der Waals surface area contributed by atoms with Crippen molar-refractivity contribution in [2.45, 2.75) is 38.6 Å². The number of carbonyl (C=O) groups is 2. The predicted octanol–water partition coefficient (Wildman–Crippen LogP) is 2.41. The van der Waals surface area contributed by atoms with E-state index in [0.29, 0.717) is 6.42 Å². The van der Waals surface area contributed by atoms with Crippen LogP contribution in [0, 0.1) is 0 Å². The molecule has 1 atom stereocenters. The fourth-order valence-electron chi connectivity index (χ4n) is 1.88. The number of hydrogen-bond donors (Lipinski definition) is 3. The van der Waals surface area contributed by atoms with Crippen LogP contribution in [0.1, 0.15) is 33.1 Å². The lowest BCUT2D eigenvalue weighted by molar-refractivity contribution is -0.126. The zero-order valence-electron chi connectivity index (χ0n) is 12.4. The molecule has 4 N–H and O–H groups in total. The third-order valence-corrected chi connectivity index (χ3v) is 3.58. The Morgan fingerprint density at radius 1 is 1.29 bits per heavy atom. The molecule has 0 saturated heterocycles. The Morgan fingerprint density at radius 3 is 2.48 bits per heavy atom. The quantitative estimate of drug-likeness (QED) is 0.702. The first-order valence-electron chi connectivity index (χ1n) is 6.98. The molecule has 5 nitrogen and oxygen atoms in total. The molecule has 0 bridgehead atoms. The summed E-state index contributed by atoms with van der Waals surface area (Å²) in [5.41, 5.74) is 5.76. The zero-order chi connectivity index (χ0) is 15.9. The highest BCUT2D eigenvalue weighted by Gasteiger charge is 2.26. The minimum absolute atomic E-state index is 0.146. The molecule has 1 aromatic rings. The Balaban J connectivity index is 2.33. The average molecular weight is 356 g/mol. The third-order valence-electron chi connectivity index (χ3n) is 3.05. The molecule has 0 aliphatic rings. The summed E-state index contributed by atoms with van der Waals surface area (Å²) < 4.78 is 0.950. The smallest absolute Gasteiger partial charge is 0.239 e. The van der Waals surface area contributed by atoms with Gasteiger partial charge in [0.05, 0.1) is 5.54 Å². The number of nitrogens with one attached hydrogen (secondary N) is 2. The van der Waals surface area contributed by atoms with Crippen molar-refractivity contribution < 1.29 is 9.59 Å². The van der Waals surface area contributed by atoms with E-state index in [-0.39, 0.29) is 24.8 Å². The number of nitrogens with two attached hydrogens (primary N) is 1. The maximum atomic E-state index is 11.9. The summed E-state index contributed by atoms with van der Waals surface area (Å²) in [6, 6.07) is 7.31. The van der Waals surface area contributed by atoms with Crippen LogP contribution in [0.4, 0.5) is 5.69 Å². The van der Waals surface area contributed by atoms with Crippen LogP contribution in [0.2, 0.25) is 0 Å². The van der Waals surface area contributed by atoms with E-state index in [4.69, 9.17) is 5.73 Å². The van der Waals surface area contributed by atoms with Crippen molar-refractivity contribution in [2.75, 3.05) is 11.9 Å². The minimum atomic E-state index is -0.878. The summed E-state index contributed by atoms with van der Waals surface area (Å²) in [7, 11) is 0. The molecule has 0 aliphatic heterocycles. The lowest BCUT2D eigenvalue weighted by Gasteiger charge is -2.22. The second-order valence-electron chi connectivity index (χ2n) is 5.23. The van der Waals surface area contributed by atoms with Gasteiger partial charge in [0.1, 0.15) is 0 Å². The van der Waals surface area contributed by atoms with Gasteiger partial charge in [-0.15, -0.1) is 0 Å². The lowest BCUT2D eigenvalue weighted by atomic mass is 9.96. The van der Waals surface area contributed by atoms with Crippen LogP contribution < -0.4 is 16.4 Å². The van der Waals surface area contributed by atoms with E-state index in [1.165, 1.54) is 0 Å². The SMILES string of the molecule is CCCC(C)(N)C(=O)NCCC(=O)Nc1ccc(Br)cc1. The van der Waals surface area contributed by atoms with Gasteiger partial charge in [-0.1, -0.05) is 29.3 Å². The predicted molar refractivity (Wildman–Crippen MR) is 87.9 cm³/mol. The monoisotopic (exact) mass is 355 g/mol. The molecule has 2 amide bonds. The largest absolute Gasteiger partial charge is 0.354 e. The van der Waals surface area contributed by atoms with Gasteiger partial charge < -0.3 is 16.4 Å². The Hall–Kier alpha value is -1.40. The van der Waals surface area contributed by atoms with E-state index in [2.05, 4.69) is 26.6 Å². The average Bonchev–Trinajstić information content (AvgIpc) is 2.41. The molecule has 6 heteroatoms. The molecule has 0 aromatic heterocycles. The van der Waals surface area contributed by atoms with Crippen LogP contribution in [-0.2, 0) is 9.59 Å². The van der Waals surface area contributed by atoms with Crippen LogP contribution in [0.25, 0.3) is 0 Å². The molecule has 1 rings (SSSR count). The van der Waals surface area contributed by atoms with E-state index >= 15 is 0 Å². The molecule has 0 fully saturated rings. The Labute approximate surface area is 133 Å². The minimum Gasteiger partial charge on any atom is -0.354 e. The van der Waals surface area contributed by atoms with Crippen molar-refractivity contribution in [2.24, 2.45) is 5.73 Å². The maximum Gasteiger partial charge on any atom is 0.239 e. The van der Waals surface area contributed by atoms with Crippen molar-refractivity contribution in [3.8, 4) is 0 Å². The first-order chi connectivity index (χ1) is 9.85. The molecular weight excluding hydrogens is 334 g/mol. The fourth-order valence-corrected chi connectivity index (χ4v) is 2.15. The highest BCUT2D eigenvalue weighted by molar-refractivity contribution is 9.10. The lowest BCUT2D eigenvalue weighted by Crippen LogP contribution is -2.51. The van der Waals surface area contributed by atoms with E-state index in [9.17, 15) is 9.59 Å². The molecule has 1 aromatic carbocycles. The van der Waals surface area contributed by atoms with E-state index in [0.717, 1.165) is 16.6 Å². The Bertz CT molecular complexity index is 486. The van der Waals surface area contributed by atoms with Gasteiger partial charge in [0.15, 0.2) is 0 Å². The molecule has 0 spiro atoms. The summed E-state index contributed by atoms with van der Waals surface area (Å²) in [5.74, 6) is -0.368. The molecule has 116 valence electrons. The van der Waals surface area contributed by atoms with Crippen LogP contribution in [0.15, 0.2) is 28.7 Å². The van der Waals surface area contributed by atoms with Crippen molar-refractivity contribution in [1.82, 2.24) is 5.32 Å². The molecule has 21 heavy (non-hydrogen) atoms. The zero-order valence-corrected chi connectivity index (χ0v) is 14.0. The number of rotatable bonds is 7. The molecule has 0 aliphatic carbocycles. The number of carbonyl (C=O) groups excluding carboxylic acids is 2. The summed E-state index contributed by atoms with van der Waals surface area (Å²) in [6.45, 7) is 3.95. The van der Waals surface area contributed by atoms with Gasteiger partial charge in [0.25, 0.3) is 0 Å². The van der Waals surface area contributed by atoms with Crippen LogP contribution in [0.5, 0.6) is 0 Å². The van der Waals surface area contributed by atoms with E-state index in [1.807, 2.05) is 19.1 Å². The summed E-state index contributed by atoms with van der Waals surface area (Å²) in [4.78, 5) is 23.6. The number of halogens is 1. The number of benzene rings is 1. The number of hydrogen-bond acceptors (Lipinski definition) is 3. The van der Waals surface area contributed by atoms with Crippen molar-refractivity contribution >= 4 is 33.4 Å². The maximum absolute atomic E-state index is 11.9. The number of anilines is 1. The molecular formula is C15H22BrN3O2. The highest BCUT2D eigenvalue weighted by atomic mass is 79.9. The Morgan fingerprint density at radius 2 is 1.90 bits per heavy atom. The van der Waals surface area contributed by atoms with Gasteiger partial charge in [-0.05, 0) is 37.6 Å². The fraction of sp³-hybridized carbons (Fsp3) is 0.467. The number of amides is 2. The summed E-state index contributed by atoms with van der Waals surface area (Å²) in [5, 5.41) is 5.47. The van der Waals surface area contributed by atoms with Crippen molar-refractivity contribution in [1.29, 1.82) is 0 Å². The second kappa shape index (κ2) is 8.14. The molecule has 0 saturated carbocycles. The normalized spacial score (nSPS) is 13.3. The molecule has 0 heterocycles. The second-order valence-corrected chi connectivity index (χ2v) is 6.14. The van der Waals surface area contributed by atoms with Gasteiger partial charge in [0, 0.05) is 23.1 Å². The van der Waals surface area contributed by atoms with E-state index in [1.54, 1.807) is 19.1 Å².